The quantitative estimate of drug-likeness (QED) is 0.160. The average Bonchev–Trinajstić information content (AvgIpc) is 3.70. The molecule has 0 N–H and O–H groups in total. The number of thiophene rings is 1. The van der Waals surface area contributed by atoms with Gasteiger partial charge in [0.15, 0.2) is 29.6 Å². The van der Waals surface area contributed by atoms with Crippen LogP contribution in [0.3, 0.4) is 0 Å². The molecule has 0 spiro atoms. The van der Waals surface area contributed by atoms with Gasteiger partial charge in [-0.2, -0.15) is 0 Å². The first kappa shape index (κ1) is 25.0. The number of aromatic nitrogens is 4. The molecule has 0 bridgehead atoms. The standard InChI is InChI=1S/C31H25N5O4S/c1-18(25-9-6-14-41-25)35-39-16-26-33-30-29-27(20-11-12-22(37-2)24(15-20)38-3)28-21-8-5-4-7-19(21)10-13-23(28)40-31(29)32-17-36(30)34-26/h4-15,17,27H,16H2,1-3H3/b35-18+. The van der Waals surface area contributed by atoms with E-state index in [-0.39, 0.29) is 12.5 Å². The van der Waals surface area contributed by atoms with E-state index >= 15 is 0 Å². The molecule has 7 rings (SSSR count). The summed E-state index contributed by atoms with van der Waals surface area (Å²) in [5.74, 6) is 2.72. The fourth-order valence-electron chi connectivity index (χ4n) is 5.29. The molecule has 1 aliphatic rings. The van der Waals surface area contributed by atoms with E-state index in [4.69, 9.17) is 24.0 Å². The smallest absolute Gasteiger partial charge is 0.228 e. The zero-order chi connectivity index (χ0) is 27.9. The molecule has 1 aliphatic heterocycles. The molecule has 0 amide bonds. The molecule has 3 aromatic carbocycles. The van der Waals surface area contributed by atoms with Gasteiger partial charge in [0.25, 0.3) is 0 Å². The van der Waals surface area contributed by atoms with Crippen molar-refractivity contribution >= 4 is 33.5 Å². The van der Waals surface area contributed by atoms with Crippen LogP contribution in [0.25, 0.3) is 16.4 Å². The molecule has 0 saturated heterocycles. The lowest BCUT2D eigenvalue weighted by atomic mass is 9.81. The summed E-state index contributed by atoms with van der Waals surface area (Å²) in [6.07, 6.45) is 1.61. The summed E-state index contributed by atoms with van der Waals surface area (Å²) in [5.41, 5.74) is 4.24. The van der Waals surface area contributed by atoms with Gasteiger partial charge in [-0.1, -0.05) is 47.6 Å². The van der Waals surface area contributed by atoms with E-state index in [2.05, 4.69) is 33.4 Å². The minimum Gasteiger partial charge on any atom is -0.493 e. The Balaban J connectivity index is 1.37. The highest BCUT2D eigenvalue weighted by molar-refractivity contribution is 7.12. The van der Waals surface area contributed by atoms with Crippen LogP contribution in [0.2, 0.25) is 0 Å². The zero-order valence-electron chi connectivity index (χ0n) is 22.6. The molecule has 204 valence electrons. The largest absolute Gasteiger partial charge is 0.493 e. The Bertz CT molecular complexity index is 1930. The van der Waals surface area contributed by atoms with Gasteiger partial charge >= 0.3 is 0 Å². The van der Waals surface area contributed by atoms with Crippen LogP contribution < -0.4 is 14.2 Å². The third-order valence-electron chi connectivity index (χ3n) is 7.16. The third kappa shape index (κ3) is 4.33. The number of hydrogen-bond acceptors (Lipinski definition) is 9. The lowest BCUT2D eigenvalue weighted by Gasteiger charge is -2.29. The molecule has 41 heavy (non-hydrogen) atoms. The number of methoxy groups -OCH3 is 2. The van der Waals surface area contributed by atoms with Gasteiger partial charge in [-0.05, 0) is 52.9 Å². The Morgan fingerprint density at radius 2 is 1.88 bits per heavy atom. The molecule has 6 aromatic rings. The van der Waals surface area contributed by atoms with Gasteiger partial charge in [0.2, 0.25) is 5.88 Å². The SMILES string of the molecule is COc1ccc(C2c3c(ccc4ccccc34)Oc3ncn4nc(CO/N=C(\C)c5cccs5)nc4c32)cc1OC. The average molecular weight is 564 g/mol. The Hall–Kier alpha value is -4.96. The lowest BCUT2D eigenvalue weighted by Crippen LogP contribution is -2.15. The molecular formula is C31H25N5O4S. The van der Waals surface area contributed by atoms with Crippen molar-refractivity contribution in [1.82, 2.24) is 19.6 Å². The first-order valence-corrected chi connectivity index (χ1v) is 13.9. The first-order valence-electron chi connectivity index (χ1n) is 13.0. The second kappa shape index (κ2) is 10.2. The second-order valence-corrected chi connectivity index (χ2v) is 10.5. The molecule has 10 heteroatoms. The summed E-state index contributed by atoms with van der Waals surface area (Å²) in [7, 11) is 3.26. The highest BCUT2D eigenvalue weighted by Crippen LogP contribution is 2.51. The summed E-state index contributed by atoms with van der Waals surface area (Å²) in [6.45, 7) is 2.02. The summed E-state index contributed by atoms with van der Waals surface area (Å²) in [6, 6.07) is 22.3. The third-order valence-corrected chi connectivity index (χ3v) is 8.14. The topological polar surface area (TPSA) is 92.4 Å². The van der Waals surface area contributed by atoms with Gasteiger partial charge in [-0.15, -0.1) is 16.4 Å². The predicted octanol–water partition coefficient (Wildman–Crippen LogP) is 6.58. The molecule has 4 heterocycles. The maximum Gasteiger partial charge on any atom is 0.228 e. The Morgan fingerprint density at radius 3 is 2.71 bits per heavy atom. The van der Waals surface area contributed by atoms with E-state index in [1.54, 1.807) is 36.4 Å². The van der Waals surface area contributed by atoms with Crippen molar-refractivity contribution in [3.63, 3.8) is 0 Å². The molecule has 0 radical (unpaired) electrons. The number of benzene rings is 3. The van der Waals surface area contributed by atoms with E-state index < -0.39 is 0 Å². The van der Waals surface area contributed by atoms with Gasteiger partial charge < -0.3 is 19.0 Å². The van der Waals surface area contributed by atoms with Gasteiger partial charge in [0.05, 0.1) is 30.4 Å². The number of fused-ring (bicyclic) bond motifs is 6. The van der Waals surface area contributed by atoms with Gasteiger partial charge in [-0.25, -0.2) is 14.5 Å². The molecule has 1 atom stereocenters. The number of hydrogen-bond donors (Lipinski definition) is 0. The number of ether oxygens (including phenoxy) is 3. The van der Waals surface area contributed by atoms with Crippen molar-refractivity contribution in [2.24, 2.45) is 5.16 Å². The highest BCUT2D eigenvalue weighted by atomic mass is 32.1. The van der Waals surface area contributed by atoms with Gasteiger partial charge in [0.1, 0.15) is 12.1 Å². The van der Waals surface area contributed by atoms with Crippen LogP contribution >= 0.6 is 11.3 Å². The van der Waals surface area contributed by atoms with Crippen LogP contribution in [0, 0.1) is 0 Å². The van der Waals surface area contributed by atoms with Crippen LogP contribution in [0.1, 0.15) is 40.2 Å². The second-order valence-electron chi connectivity index (χ2n) is 9.54. The van der Waals surface area contributed by atoms with Crippen molar-refractivity contribution in [3.8, 4) is 23.1 Å². The fraction of sp³-hybridized carbons (Fsp3) is 0.161. The minimum atomic E-state index is -0.270. The highest BCUT2D eigenvalue weighted by Gasteiger charge is 2.35. The Labute approximate surface area is 239 Å². The van der Waals surface area contributed by atoms with Crippen LogP contribution in [-0.4, -0.2) is 39.5 Å². The Morgan fingerprint density at radius 1 is 1.00 bits per heavy atom. The van der Waals surface area contributed by atoms with E-state index in [9.17, 15) is 0 Å². The number of nitrogens with zero attached hydrogens (tertiary/aromatic N) is 5. The van der Waals surface area contributed by atoms with E-state index in [1.165, 1.54) is 0 Å². The number of rotatable bonds is 7. The van der Waals surface area contributed by atoms with Crippen LogP contribution in [0.15, 0.2) is 83.6 Å². The monoisotopic (exact) mass is 563 g/mol. The molecule has 1 unspecified atom stereocenters. The summed E-state index contributed by atoms with van der Waals surface area (Å²) in [4.78, 5) is 16.2. The predicted molar refractivity (Wildman–Crippen MR) is 157 cm³/mol. The normalized spacial score (nSPS) is 14.4. The van der Waals surface area contributed by atoms with Crippen LogP contribution in [-0.2, 0) is 11.4 Å². The molecule has 0 aliphatic carbocycles. The van der Waals surface area contributed by atoms with Crippen molar-refractivity contribution < 1.29 is 19.0 Å². The van der Waals surface area contributed by atoms with Crippen molar-refractivity contribution in [2.75, 3.05) is 14.2 Å². The van der Waals surface area contributed by atoms with E-state index in [1.807, 2.05) is 60.8 Å². The molecule has 9 nitrogen and oxygen atoms in total. The molecular weight excluding hydrogens is 538 g/mol. The maximum absolute atomic E-state index is 6.41. The van der Waals surface area contributed by atoms with E-state index in [0.29, 0.717) is 28.9 Å². The first-order chi connectivity index (χ1) is 20.1. The van der Waals surface area contributed by atoms with E-state index in [0.717, 1.165) is 43.8 Å². The molecule has 3 aromatic heterocycles. The fourth-order valence-corrected chi connectivity index (χ4v) is 5.96. The molecule has 0 fully saturated rings. The van der Waals surface area contributed by atoms with Crippen molar-refractivity contribution in [2.45, 2.75) is 19.4 Å². The number of oxime groups is 1. The van der Waals surface area contributed by atoms with Crippen molar-refractivity contribution in [1.29, 1.82) is 0 Å². The minimum absolute atomic E-state index is 0.112. The summed E-state index contributed by atoms with van der Waals surface area (Å²) in [5, 5.41) is 13.1. The van der Waals surface area contributed by atoms with Crippen LogP contribution in [0.5, 0.6) is 23.1 Å². The van der Waals surface area contributed by atoms with Gasteiger partial charge in [0, 0.05) is 11.5 Å². The van der Waals surface area contributed by atoms with Crippen LogP contribution in [0.4, 0.5) is 0 Å². The molecule has 0 saturated carbocycles. The zero-order valence-corrected chi connectivity index (χ0v) is 23.4. The van der Waals surface area contributed by atoms with Crippen molar-refractivity contribution in [3.05, 3.63) is 106 Å². The van der Waals surface area contributed by atoms with Gasteiger partial charge in [-0.3, -0.25) is 0 Å². The summed E-state index contributed by atoms with van der Waals surface area (Å²) < 4.78 is 19.3. The summed E-state index contributed by atoms with van der Waals surface area (Å²) >= 11 is 1.61. The lowest BCUT2D eigenvalue weighted by molar-refractivity contribution is 0.125. The Kier molecular flexibility index (Phi) is 6.24. The maximum atomic E-state index is 6.41.